The van der Waals surface area contributed by atoms with Gasteiger partial charge in [0.25, 0.3) is 5.79 Å². The summed E-state index contributed by atoms with van der Waals surface area (Å²) in [7, 11) is -5.13. The Kier molecular flexibility index (Phi) is 4.80. The molecule has 25 heavy (non-hydrogen) atoms. The van der Waals surface area contributed by atoms with Gasteiger partial charge in [-0.2, -0.15) is 8.78 Å². The number of hydrogen-bond donors (Lipinski definition) is 1. The fourth-order valence-corrected chi connectivity index (χ4v) is 2.78. The Balaban J connectivity index is 2.39. The van der Waals surface area contributed by atoms with E-state index in [-0.39, 0.29) is 0 Å². The normalized spacial score (nSPS) is 17.1. The predicted octanol–water partition coefficient (Wildman–Crippen LogP) is 1.95. The first-order chi connectivity index (χ1) is 11.4. The quantitative estimate of drug-likeness (QED) is 0.485. The zero-order chi connectivity index (χ0) is 19.0. The second-order valence-electron chi connectivity index (χ2n) is 5.33. The molecule has 0 radical (unpaired) electrons. The van der Waals surface area contributed by atoms with Gasteiger partial charge < -0.3 is 14.8 Å². The summed E-state index contributed by atoms with van der Waals surface area (Å²) < 4.78 is 71.5. The number of esters is 2. The number of halogens is 3. The molecule has 1 aromatic carbocycles. The molecule has 1 aromatic rings. The predicted molar refractivity (Wildman–Crippen MR) is 77.6 cm³/mol. The van der Waals surface area contributed by atoms with E-state index in [0.717, 1.165) is 18.3 Å². The number of hydrogen-bond acceptors (Lipinski definition) is 7. The maximum absolute atomic E-state index is 13.2. The summed E-state index contributed by atoms with van der Waals surface area (Å²) in [6.07, 6.45) is 0.734. The van der Waals surface area contributed by atoms with E-state index < -0.39 is 55.3 Å². The molecule has 7 nitrogen and oxygen atoms in total. The molecular formula is C14H12F3NO6S. The first-order valence-electron chi connectivity index (χ1n) is 6.69. The van der Waals surface area contributed by atoms with Crippen molar-refractivity contribution in [2.45, 2.75) is 30.3 Å². The van der Waals surface area contributed by atoms with Gasteiger partial charge in [-0.3, -0.25) is 0 Å². The Morgan fingerprint density at radius 2 is 1.72 bits per heavy atom. The Labute approximate surface area is 140 Å². The van der Waals surface area contributed by atoms with Crippen LogP contribution in [0.2, 0.25) is 0 Å². The van der Waals surface area contributed by atoms with Crippen LogP contribution in [0.15, 0.2) is 34.9 Å². The third kappa shape index (κ3) is 3.92. The van der Waals surface area contributed by atoms with E-state index in [1.54, 1.807) is 0 Å². The molecule has 1 N–H and O–H groups in total. The maximum Gasteiger partial charge on any atom is 0.350 e. The van der Waals surface area contributed by atoms with Gasteiger partial charge in [0.15, 0.2) is 5.57 Å². The monoisotopic (exact) mass is 379 g/mol. The van der Waals surface area contributed by atoms with Gasteiger partial charge in [0, 0.05) is 20.0 Å². The minimum atomic E-state index is -5.13. The second-order valence-corrected chi connectivity index (χ2v) is 7.21. The molecule has 136 valence electrons. The molecule has 2 rings (SSSR count). The number of cyclic esters (lactones) is 2. The number of nitrogens with one attached hydrogen (secondary N) is 1. The second kappa shape index (κ2) is 6.39. The van der Waals surface area contributed by atoms with E-state index in [1.807, 2.05) is 0 Å². The minimum Gasteiger partial charge on any atom is -0.419 e. The summed E-state index contributed by atoms with van der Waals surface area (Å²) >= 11 is 0. The molecule has 0 bridgehead atoms. The van der Waals surface area contributed by atoms with Gasteiger partial charge in [-0.1, -0.05) is 0 Å². The lowest BCUT2D eigenvalue weighted by atomic mass is 10.2. The van der Waals surface area contributed by atoms with E-state index >= 15 is 0 Å². The van der Waals surface area contributed by atoms with Crippen LogP contribution in [0.3, 0.4) is 0 Å². The third-order valence-electron chi connectivity index (χ3n) is 2.97. The van der Waals surface area contributed by atoms with Crippen molar-refractivity contribution in [3.05, 3.63) is 35.8 Å². The molecule has 1 fully saturated rings. The molecule has 0 saturated carbocycles. The molecule has 1 aliphatic rings. The van der Waals surface area contributed by atoms with Gasteiger partial charge in [0.05, 0.1) is 10.6 Å². The fraction of sp³-hybridized carbons (Fsp3) is 0.286. The van der Waals surface area contributed by atoms with Crippen molar-refractivity contribution >= 4 is 27.5 Å². The molecule has 1 aliphatic heterocycles. The molecular weight excluding hydrogens is 367 g/mol. The minimum absolute atomic E-state index is 0.392. The highest BCUT2D eigenvalue weighted by Gasteiger charge is 2.39. The summed E-state index contributed by atoms with van der Waals surface area (Å²) in [5.41, 5.74) is -1.08. The summed E-state index contributed by atoms with van der Waals surface area (Å²) in [5, 5.41) is 2.22. The first kappa shape index (κ1) is 18.8. The SMILES string of the molecule is CC1(C)OC(=O)C(=CNc2ccc(F)cc2S(=O)(=O)C(F)F)C(=O)O1. The van der Waals surface area contributed by atoms with Crippen LogP contribution in [0.4, 0.5) is 18.9 Å². The van der Waals surface area contributed by atoms with Crippen molar-refractivity contribution in [2.75, 3.05) is 5.32 Å². The standard InChI is InChI=1S/C14H12F3NO6S/c1-14(2)23-11(19)8(12(20)24-14)6-18-9-4-3-7(15)5-10(9)25(21,22)13(16)17/h3-6,13,18H,1-2H3. The van der Waals surface area contributed by atoms with Gasteiger partial charge in [-0.05, 0) is 18.2 Å². The van der Waals surface area contributed by atoms with Gasteiger partial charge in [-0.25, -0.2) is 22.4 Å². The number of carbonyl (C=O) groups excluding carboxylic acids is 2. The summed E-state index contributed by atoms with van der Waals surface area (Å²) in [6, 6.07) is 2.07. The average Bonchev–Trinajstić information content (AvgIpc) is 2.46. The molecule has 1 saturated heterocycles. The molecule has 1 heterocycles. The van der Waals surface area contributed by atoms with Gasteiger partial charge >= 0.3 is 17.7 Å². The van der Waals surface area contributed by atoms with Crippen LogP contribution in [0.25, 0.3) is 0 Å². The molecule has 0 atom stereocenters. The van der Waals surface area contributed by atoms with Crippen LogP contribution in [-0.2, 0) is 28.9 Å². The van der Waals surface area contributed by atoms with Crippen LogP contribution >= 0.6 is 0 Å². The van der Waals surface area contributed by atoms with Crippen LogP contribution in [0, 0.1) is 5.82 Å². The van der Waals surface area contributed by atoms with E-state index in [2.05, 4.69) is 5.32 Å². The van der Waals surface area contributed by atoms with Crippen LogP contribution in [0.1, 0.15) is 13.8 Å². The molecule has 0 aliphatic carbocycles. The van der Waals surface area contributed by atoms with Crippen molar-refractivity contribution in [1.82, 2.24) is 0 Å². The topological polar surface area (TPSA) is 98.8 Å². The fourth-order valence-electron chi connectivity index (χ4n) is 1.88. The van der Waals surface area contributed by atoms with Crippen LogP contribution < -0.4 is 5.32 Å². The van der Waals surface area contributed by atoms with Crippen molar-refractivity contribution in [1.29, 1.82) is 0 Å². The highest BCUT2D eigenvalue weighted by molar-refractivity contribution is 7.91. The van der Waals surface area contributed by atoms with Crippen LogP contribution in [0.5, 0.6) is 0 Å². The number of rotatable bonds is 4. The van der Waals surface area contributed by atoms with E-state index in [4.69, 9.17) is 9.47 Å². The number of ether oxygens (including phenoxy) is 2. The van der Waals surface area contributed by atoms with Gasteiger partial charge in [0.2, 0.25) is 9.84 Å². The van der Waals surface area contributed by atoms with Crippen molar-refractivity contribution in [2.24, 2.45) is 0 Å². The molecule has 0 unspecified atom stereocenters. The molecule has 0 aromatic heterocycles. The zero-order valence-electron chi connectivity index (χ0n) is 12.9. The Bertz CT molecular complexity index is 841. The summed E-state index contributed by atoms with van der Waals surface area (Å²) in [5.74, 6) is -8.45. The summed E-state index contributed by atoms with van der Waals surface area (Å²) in [4.78, 5) is 22.5. The maximum atomic E-state index is 13.2. The molecule has 0 amide bonds. The molecule has 11 heteroatoms. The number of anilines is 1. The zero-order valence-corrected chi connectivity index (χ0v) is 13.7. The molecule has 0 spiro atoms. The Morgan fingerprint density at radius 3 is 2.24 bits per heavy atom. The highest BCUT2D eigenvalue weighted by Crippen LogP contribution is 2.28. The number of sulfone groups is 1. The lowest BCUT2D eigenvalue weighted by molar-refractivity contribution is -0.222. The van der Waals surface area contributed by atoms with Crippen molar-refractivity contribution < 1.29 is 40.7 Å². The Hall–Kier alpha value is -2.56. The lowest BCUT2D eigenvalue weighted by Crippen LogP contribution is -2.42. The van der Waals surface area contributed by atoms with E-state index in [1.165, 1.54) is 13.8 Å². The number of benzene rings is 1. The smallest absolute Gasteiger partial charge is 0.350 e. The lowest BCUT2D eigenvalue weighted by Gasteiger charge is -2.29. The highest BCUT2D eigenvalue weighted by atomic mass is 32.2. The average molecular weight is 379 g/mol. The van der Waals surface area contributed by atoms with Crippen molar-refractivity contribution in [3.8, 4) is 0 Å². The van der Waals surface area contributed by atoms with Crippen molar-refractivity contribution in [3.63, 3.8) is 0 Å². The van der Waals surface area contributed by atoms with E-state index in [9.17, 15) is 31.2 Å². The van der Waals surface area contributed by atoms with Crippen LogP contribution in [-0.4, -0.2) is 31.9 Å². The largest absolute Gasteiger partial charge is 0.419 e. The van der Waals surface area contributed by atoms with Gasteiger partial charge in [0.1, 0.15) is 5.82 Å². The van der Waals surface area contributed by atoms with E-state index in [0.29, 0.717) is 6.07 Å². The third-order valence-corrected chi connectivity index (χ3v) is 4.39. The van der Waals surface area contributed by atoms with Gasteiger partial charge in [-0.15, -0.1) is 0 Å². The first-order valence-corrected chi connectivity index (χ1v) is 8.24. The summed E-state index contributed by atoms with van der Waals surface area (Å²) in [6.45, 7) is 2.64. The number of alkyl halides is 2. The Morgan fingerprint density at radius 1 is 1.16 bits per heavy atom. The number of carbonyl (C=O) groups is 2.